The van der Waals surface area contributed by atoms with Crippen LogP contribution in [-0.2, 0) is 11.3 Å². The Hall–Kier alpha value is -3.43. The van der Waals surface area contributed by atoms with Gasteiger partial charge in [0.15, 0.2) is 5.16 Å². The van der Waals surface area contributed by atoms with Crippen LogP contribution in [0.25, 0.3) is 0 Å². The van der Waals surface area contributed by atoms with Crippen LogP contribution < -0.4 is 10.6 Å². The third-order valence-corrected chi connectivity index (χ3v) is 6.40. The molecule has 0 saturated heterocycles. The molecule has 0 aliphatic carbocycles. The molecule has 0 aliphatic rings. The molecule has 2 heterocycles. The number of nitrogens with one attached hydrogen (secondary N) is 2. The van der Waals surface area contributed by atoms with E-state index < -0.39 is 0 Å². The van der Waals surface area contributed by atoms with Crippen molar-refractivity contribution in [1.29, 1.82) is 0 Å². The van der Waals surface area contributed by atoms with Crippen LogP contribution in [0.3, 0.4) is 0 Å². The first kappa shape index (κ1) is 21.8. The van der Waals surface area contributed by atoms with Gasteiger partial charge in [-0.1, -0.05) is 54.2 Å². The molecule has 4 rings (SSSR count). The summed E-state index contributed by atoms with van der Waals surface area (Å²) in [5.74, 6) is 0.653. The Bertz CT molecular complexity index is 1210. The van der Waals surface area contributed by atoms with Gasteiger partial charge in [-0.2, -0.15) is 0 Å². The number of thiophene rings is 1. The molecule has 2 aromatic heterocycles. The van der Waals surface area contributed by atoms with Crippen molar-refractivity contribution in [3.8, 4) is 0 Å². The Kier molecular flexibility index (Phi) is 6.98. The Balaban J connectivity index is 1.34. The molecular formula is C23H21N5O2S2. The lowest BCUT2D eigenvalue weighted by Gasteiger charge is -2.10. The number of amides is 2. The Morgan fingerprint density at radius 3 is 2.50 bits per heavy atom. The number of nitrogens with zero attached hydrogens (tertiary/aromatic N) is 3. The standard InChI is InChI=1S/C23H21N5O2S2/c1-16-26-27-23(28(16)14-17-7-3-2-4-8-17)32-15-21(29)24-18-9-5-10-19(13-18)25-22(30)20-11-6-12-31-20/h2-13H,14-15H2,1H3,(H,24,29)(H,25,30). The lowest BCUT2D eigenvalue weighted by Crippen LogP contribution is -2.15. The van der Waals surface area contributed by atoms with Gasteiger partial charge in [0.25, 0.3) is 5.91 Å². The maximum atomic E-state index is 12.5. The lowest BCUT2D eigenvalue weighted by molar-refractivity contribution is -0.113. The lowest BCUT2D eigenvalue weighted by atomic mass is 10.2. The van der Waals surface area contributed by atoms with Gasteiger partial charge in [-0.15, -0.1) is 21.5 Å². The highest BCUT2D eigenvalue weighted by atomic mass is 32.2. The van der Waals surface area contributed by atoms with Gasteiger partial charge in [0.2, 0.25) is 5.91 Å². The molecule has 9 heteroatoms. The molecule has 0 atom stereocenters. The van der Waals surface area contributed by atoms with Crippen molar-refractivity contribution in [3.05, 3.63) is 88.4 Å². The number of carbonyl (C=O) groups is 2. The smallest absolute Gasteiger partial charge is 0.265 e. The van der Waals surface area contributed by atoms with Gasteiger partial charge >= 0.3 is 0 Å². The molecule has 0 unspecified atom stereocenters. The molecule has 4 aromatic rings. The summed E-state index contributed by atoms with van der Waals surface area (Å²) in [6.45, 7) is 2.55. The summed E-state index contributed by atoms with van der Waals surface area (Å²) in [6, 6.07) is 20.7. The highest BCUT2D eigenvalue weighted by molar-refractivity contribution is 7.99. The molecule has 7 nitrogen and oxygen atoms in total. The van der Waals surface area contributed by atoms with Crippen molar-refractivity contribution in [3.63, 3.8) is 0 Å². The van der Waals surface area contributed by atoms with Crippen molar-refractivity contribution >= 4 is 46.3 Å². The minimum Gasteiger partial charge on any atom is -0.325 e. The number of carbonyl (C=O) groups excluding carboxylic acids is 2. The topological polar surface area (TPSA) is 88.9 Å². The molecule has 0 spiro atoms. The van der Waals surface area contributed by atoms with E-state index in [0.29, 0.717) is 28.0 Å². The summed E-state index contributed by atoms with van der Waals surface area (Å²) in [5, 5.41) is 16.6. The summed E-state index contributed by atoms with van der Waals surface area (Å²) < 4.78 is 1.99. The minimum atomic E-state index is -0.174. The fourth-order valence-electron chi connectivity index (χ4n) is 3.02. The van der Waals surface area contributed by atoms with Crippen LogP contribution in [0.15, 0.2) is 77.3 Å². The molecule has 0 saturated carbocycles. The van der Waals surface area contributed by atoms with Gasteiger partial charge in [0.05, 0.1) is 17.2 Å². The Morgan fingerprint density at radius 1 is 0.969 bits per heavy atom. The molecule has 2 aromatic carbocycles. The fraction of sp³-hybridized carbons (Fsp3) is 0.130. The van der Waals surface area contributed by atoms with Crippen LogP contribution in [0, 0.1) is 6.92 Å². The maximum Gasteiger partial charge on any atom is 0.265 e. The van der Waals surface area contributed by atoms with Crippen molar-refractivity contribution < 1.29 is 9.59 Å². The highest BCUT2D eigenvalue weighted by Gasteiger charge is 2.13. The number of hydrogen-bond acceptors (Lipinski definition) is 6. The van der Waals surface area contributed by atoms with Crippen molar-refractivity contribution in [2.75, 3.05) is 16.4 Å². The van der Waals surface area contributed by atoms with E-state index in [1.807, 2.05) is 53.3 Å². The number of thioether (sulfide) groups is 1. The van der Waals surface area contributed by atoms with E-state index in [-0.39, 0.29) is 17.6 Å². The molecule has 32 heavy (non-hydrogen) atoms. The van der Waals surface area contributed by atoms with E-state index in [4.69, 9.17) is 0 Å². The second-order valence-electron chi connectivity index (χ2n) is 6.95. The first-order valence-corrected chi connectivity index (χ1v) is 11.8. The molecule has 0 fully saturated rings. The van der Waals surface area contributed by atoms with Gasteiger partial charge in [-0.25, -0.2) is 0 Å². The number of hydrogen-bond donors (Lipinski definition) is 2. The van der Waals surface area contributed by atoms with Gasteiger partial charge in [-0.05, 0) is 42.1 Å². The van der Waals surface area contributed by atoms with E-state index in [0.717, 1.165) is 11.4 Å². The predicted octanol–water partition coefficient (Wildman–Crippen LogP) is 4.68. The first-order chi connectivity index (χ1) is 15.6. The third kappa shape index (κ3) is 5.63. The Morgan fingerprint density at radius 2 is 1.75 bits per heavy atom. The average Bonchev–Trinajstić information content (AvgIpc) is 3.45. The number of rotatable bonds is 8. The van der Waals surface area contributed by atoms with Crippen molar-refractivity contribution in [2.24, 2.45) is 0 Å². The predicted molar refractivity (Wildman–Crippen MR) is 128 cm³/mol. The summed E-state index contributed by atoms with van der Waals surface area (Å²) in [4.78, 5) is 25.4. The SMILES string of the molecule is Cc1nnc(SCC(=O)Nc2cccc(NC(=O)c3cccs3)c2)n1Cc1ccccc1. The Labute approximate surface area is 193 Å². The highest BCUT2D eigenvalue weighted by Crippen LogP contribution is 2.21. The van der Waals surface area contributed by atoms with Crippen molar-refractivity contribution in [1.82, 2.24) is 14.8 Å². The van der Waals surface area contributed by atoms with E-state index in [1.54, 1.807) is 30.3 Å². The minimum absolute atomic E-state index is 0.163. The van der Waals surface area contributed by atoms with Crippen LogP contribution in [0.4, 0.5) is 11.4 Å². The van der Waals surface area contributed by atoms with Crippen LogP contribution >= 0.6 is 23.1 Å². The zero-order valence-corrected chi connectivity index (χ0v) is 19.0. The van der Waals surface area contributed by atoms with E-state index in [9.17, 15) is 9.59 Å². The quantitative estimate of drug-likeness (QED) is 0.371. The molecule has 0 radical (unpaired) electrons. The van der Waals surface area contributed by atoms with E-state index >= 15 is 0 Å². The number of anilines is 2. The average molecular weight is 464 g/mol. The summed E-state index contributed by atoms with van der Waals surface area (Å²) in [6.07, 6.45) is 0. The summed E-state index contributed by atoms with van der Waals surface area (Å²) >= 11 is 2.71. The van der Waals surface area contributed by atoms with Crippen LogP contribution in [0.2, 0.25) is 0 Å². The molecule has 2 amide bonds. The molecule has 0 aliphatic heterocycles. The second kappa shape index (κ2) is 10.3. The summed E-state index contributed by atoms with van der Waals surface area (Å²) in [5.41, 5.74) is 2.37. The van der Waals surface area contributed by atoms with Crippen LogP contribution in [-0.4, -0.2) is 32.3 Å². The van der Waals surface area contributed by atoms with E-state index in [1.165, 1.54) is 23.1 Å². The largest absolute Gasteiger partial charge is 0.325 e. The van der Waals surface area contributed by atoms with Crippen LogP contribution in [0.5, 0.6) is 0 Å². The zero-order valence-electron chi connectivity index (χ0n) is 17.3. The van der Waals surface area contributed by atoms with E-state index in [2.05, 4.69) is 20.8 Å². The monoisotopic (exact) mass is 463 g/mol. The number of aromatic nitrogens is 3. The molecule has 162 valence electrons. The number of aryl methyl sites for hydroxylation is 1. The first-order valence-electron chi connectivity index (χ1n) is 9.90. The third-order valence-electron chi connectivity index (χ3n) is 4.57. The van der Waals surface area contributed by atoms with Gasteiger partial charge in [0.1, 0.15) is 5.82 Å². The van der Waals surface area contributed by atoms with Crippen LogP contribution in [0.1, 0.15) is 21.1 Å². The summed E-state index contributed by atoms with van der Waals surface area (Å²) in [7, 11) is 0. The zero-order chi connectivity index (χ0) is 22.3. The van der Waals surface area contributed by atoms with Gasteiger partial charge in [-0.3, -0.25) is 9.59 Å². The molecule has 0 bridgehead atoms. The van der Waals surface area contributed by atoms with Gasteiger partial charge in [0, 0.05) is 11.4 Å². The fourth-order valence-corrected chi connectivity index (χ4v) is 4.42. The molecular weight excluding hydrogens is 442 g/mol. The number of benzene rings is 2. The normalized spacial score (nSPS) is 10.7. The maximum absolute atomic E-state index is 12.5. The van der Waals surface area contributed by atoms with Crippen molar-refractivity contribution in [2.45, 2.75) is 18.6 Å². The second-order valence-corrected chi connectivity index (χ2v) is 8.84. The van der Waals surface area contributed by atoms with Gasteiger partial charge < -0.3 is 15.2 Å². The molecule has 2 N–H and O–H groups in total.